The first-order valence-electron chi connectivity index (χ1n) is 6.62. The molecular weight excluding hydrogens is 208 g/mol. The Labute approximate surface area is 104 Å². The SMILES string of the molecule is CCC(CC)NCCn1ccc2ccccc21. The lowest BCUT2D eigenvalue weighted by Gasteiger charge is -2.15. The molecule has 0 atom stereocenters. The largest absolute Gasteiger partial charge is 0.346 e. The van der Waals surface area contributed by atoms with Crippen LogP contribution >= 0.6 is 0 Å². The Hall–Kier alpha value is -1.28. The summed E-state index contributed by atoms with van der Waals surface area (Å²) in [5.41, 5.74) is 1.33. The maximum Gasteiger partial charge on any atom is 0.0480 e. The number of rotatable bonds is 6. The number of nitrogens with zero attached hydrogens (tertiary/aromatic N) is 1. The van der Waals surface area contributed by atoms with E-state index in [4.69, 9.17) is 0 Å². The number of nitrogens with one attached hydrogen (secondary N) is 1. The summed E-state index contributed by atoms with van der Waals surface area (Å²) >= 11 is 0. The molecule has 0 unspecified atom stereocenters. The molecule has 0 fully saturated rings. The fourth-order valence-corrected chi connectivity index (χ4v) is 2.30. The van der Waals surface area contributed by atoms with E-state index in [1.165, 1.54) is 23.7 Å². The van der Waals surface area contributed by atoms with Crippen molar-refractivity contribution in [3.8, 4) is 0 Å². The molecule has 2 heteroatoms. The third-order valence-corrected chi connectivity index (χ3v) is 3.45. The van der Waals surface area contributed by atoms with Crippen molar-refractivity contribution >= 4 is 10.9 Å². The Morgan fingerprint density at radius 3 is 2.65 bits per heavy atom. The molecule has 2 nitrogen and oxygen atoms in total. The van der Waals surface area contributed by atoms with Gasteiger partial charge < -0.3 is 9.88 Å². The van der Waals surface area contributed by atoms with Crippen LogP contribution in [-0.4, -0.2) is 17.2 Å². The maximum absolute atomic E-state index is 3.60. The smallest absolute Gasteiger partial charge is 0.0480 e. The molecule has 1 heterocycles. The summed E-state index contributed by atoms with van der Waals surface area (Å²) in [6, 6.07) is 11.4. The van der Waals surface area contributed by atoms with Crippen molar-refractivity contribution in [1.82, 2.24) is 9.88 Å². The van der Waals surface area contributed by atoms with Gasteiger partial charge in [-0.05, 0) is 30.4 Å². The van der Waals surface area contributed by atoms with Crippen molar-refractivity contribution in [2.75, 3.05) is 6.54 Å². The minimum atomic E-state index is 0.664. The molecule has 92 valence electrons. The van der Waals surface area contributed by atoms with Crippen LogP contribution in [0, 0.1) is 0 Å². The molecule has 0 amide bonds. The van der Waals surface area contributed by atoms with Crippen molar-refractivity contribution in [2.24, 2.45) is 0 Å². The molecule has 0 aliphatic carbocycles. The lowest BCUT2D eigenvalue weighted by atomic mass is 10.2. The monoisotopic (exact) mass is 230 g/mol. The van der Waals surface area contributed by atoms with Gasteiger partial charge >= 0.3 is 0 Å². The van der Waals surface area contributed by atoms with E-state index in [9.17, 15) is 0 Å². The Bertz CT molecular complexity index is 455. The maximum atomic E-state index is 3.60. The van der Waals surface area contributed by atoms with Crippen LogP contribution in [-0.2, 0) is 6.54 Å². The predicted molar refractivity (Wildman–Crippen MR) is 74.3 cm³/mol. The molecule has 0 bridgehead atoms. The Morgan fingerprint density at radius 1 is 1.12 bits per heavy atom. The highest BCUT2D eigenvalue weighted by molar-refractivity contribution is 5.79. The van der Waals surface area contributed by atoms with Gasteiger partial charge in [0.1, 0.15) is 0 Å². The zero-order chi connectivity index (χ0) is 12.1. The van der Waals surface area contributed by atoms with Gasteiger partial charge in [0.15, 0.2) is 0 Å². The van der Waals surface area contributed by atoms with Gasteiger partial charge in [-0.3, -0.25) is 0 Å². The third-order valence-electron chi connectivity index (χ3n) is 3.45. The number of hydrogen-bond donors (Lipinski definition) is 1. The summed E-state index contributed by atoms with van der Waals surface area (Å²) in [7, 11) is 0. The van der Waals surface area contributed by atoms with Crippen LogP contribution in [0.25, 0.3) is 10.9 Å². The van der Waals surface area contributed by atoms with Gasteiger partial charge in [0.25, 0.3) is 0 Å². The van der Waals surface area contributed by atoms with E-state index in [1.807, 2.05) is 0 Å². The summed E-state index contributed by atoms with van der Waals surface area (Å²) < 4.78 is 2.32. The Morgan fingerprint density at radius 2 is 1.88 bits per heavy atom. The fourth-order valence-electron chi connectivity index (χ4n) is 2.30. The average Bonchev–Trinajstić information content (AvgIpc) is 2.78. The van der Waals surface area contributed by atoms with Crippen molar-refractivity contribution in [1.29, 1.82) is 0 Å². The zero-order valence-electron chi connectivity index (χ0n) is 10.8. The van der Waals surface area contributed by atoms with Crippen LogP contribution in [0.5, 0.6) is 0 Å². The topological polar surface area (TPSA) is 17.0 Å². The summed E-state index contributed by atoms with van der Waals surface area (Å²) in [5.74, 6) is 0. The zero-order valence-corrected chi connectivity index (χ0v) is 10.8. The van der Waals surface area contributed by atoms with Gasteiger partial charge in [-0.1, -0.05) is 32.0 Å². The standard InChI is InChI=1S/C15H22N2/c1-3-14(4-2)16-10-12-17-11-9-13-7-5-6-8-15(13)17/h5-9,11,14,16H,3-4,10,12H2,1-2H3. The van der Waals surface area contributed by atoms with E-state index in [-0.39, 0.29) is 0 Å². The van der Waals surface area contributed by atoms with Crippen LogP contribution < -0.4 is 5.32 Å². The highest BCUT2D eigenvalue weighted by atomic mass is 15.0. The predicted octanol–water partition coefficient (Wildman–Crippen LogP) is 3.42. The van der Waals surface area contributed by atoms with E-state index in [1.54, 1.807) is 0 Å². The molecule has 0 saturated carbocycles. The number of para-hydroxylation sites is 1. The van der Waals surface area contributed by atoms with Gasteiger partial charge in [-0.25, -0.2) is 0 Å². The molecule has 0 saturated heterocycles. The van der Waals surface area contributed by atoms with E-state index in [0.29, 0.717) is 6.04 Å². The number of aromatic nitrogens is 1. The third kappa shape index (κ3) is 2.89. The fraction of sp³-hybridized carbons (Fsp3) is 0.467. The molecule has 0 aliphatic heterocycles. The van der Waals surface area contributed by atoms with E-state index in [2.05, 4.69) is 60.3 Å². The van der Waals surface area contributed by atoms with Crippen LogP contribution in [0.15, 0.2) is 36.5 Å². The minimum absolute atomic E-state index is 0.664. The lowest BCUT2D eigenvalue weighted by molar-refractivity contribution is 0.468. The van der Waals surface area contributed by atoms with E-state index in [0.717, 1.165) is 13.1 Å². The second kappa shape index (κ2) is 5.87. The van der Waals surface area contributed by atoms with Crippen LogP contribution in [0.2, 0.25) is 0 Å². The van der Waals surface area contributed by atoms with Gasteiger partial charge in [0, 0.05) is 30.8 Å². The molecular formula is C15H22N2. The lowest BCUT2D eigenvalue weighted by Crippen LogP contribution is -2.30. The first-order chi connectivity index (χ1) is 8.35. The van der Waals surface area contributed by atoms with Crippen molar-refractivity contribution in [3.63, 3.8) is 0 Å². The van der Waals surface area contributed by atoms with Crippen LogP contribution in [0.1, 0.15) is 26.7 Å². The van der Waals surface area contributed by atoms with Gasteiger partial charge in [-0.15, -0.1) is 0 Å². The van der Waals surface area contributed by atoms with Crippen molar-refractivity contribution in [3.05, 3.63) is 36.5 Å². The van der Waals surface area contributed by atoms with Crippen LogP contribution in [0.3, 0.4) is 0 Å². The number of fused-ring (bicyclic) bond motifs is 1. The first-order valence-corrected chi connectivity index (χ1v) is 6.62. The molecule has 0 spiro atoms. The van der Waals surface area contributed by atoms with Gasteiger partial charge in [0.2, 0.25) is 0 Å². The van der Waals surface area contributed by atoms with Gasteiger partial charge in [-0.2, -0.15) is 0 Å². The second-order valence-corrected chi connectivity index (χ2v) is 4.54. The summed E-state index contributed by atoms with van der Waals surface area (Å²) in [6.45, 7) is 6.58. The highest BCUT2D eigenvalue weighted by Gasteiger charge is 2.02. The minimum Gasteiger partial charge on any atom is -0.346 e. The summed E-state index contributed by atoms with van der Waals surface area (Å²) in [5, 5.41) is 4.93. The normalized spacial score (nSPS) is 11.5. The number of hydrogen-bond acceptors (Lipinski definition) is 1. The van der Waals surface area contributed by atoms with Crippen molar-refractivity contribution < 1.29 is 0 Å². The molecule has 0 aliphatic rings. The van der Waals surface area contributed by atoms with Crippen molar-refractivity contribution in [2.45, 2.75) is 39.3 Å². The van der Waals surface area contributed by atoms with Crippen LogP contribution in [0.4, 0.5) is 0 Å². The van der Waals surface area contributed by atoms with Gasteiger partial charge in [0.05, 0.1) is 0 Å². The summed E-state index contributed by atoms with van der Waals surface area (Å²) in [4.78, 5) is 0. The molecule has 0 radical (unpaired) electrons. The Balaban J connectivity index is 1.95. The quantitative estimate of drug-likeness (QED) is 0.804. The molecule has 1 N–H and O–H groups in total. The number of benzene rings is 1. The molecule has 17 heavy (non-hydrogen) atoms. The molecule has 2 aromatic rings. The molecule has 1 aromatic carbocycles. The molecule has 2 rings (SSSR count). The Kier molecular flexibility index (Phi) is 4.21. The molecule has 1 aromatic heterocycles. The second-order valence-electron chi connectivity index (χ2n) is 4.54. The average molecular weight is 230 g/mol. The first kappa shape index (κ1) is 12.2. The summed E-state index contributed by atoms with van der Waals surface area (Å²) in [6.07, 6.45) is 4.60. The highest BCUT2D eigenvalue weighted by Crippen LogP contribution is 2.14. The van der Waals surface area contributed by atoms with E-state index < -0.39 is 0 Å². The van der Waals surface area contributed by atoms with E-state index >= 15 is 0 Å².